The van der Waals surface area contributed by atoms with Crippen molar-refractivity contribution in [3.05, 3.63) is 71.8 Å². The van der Waals surface area contributed by atoms with Gasteiger partial charge in [-0.1, -0.05) is 81.4 Å². The Morgan fingerprint density at radius 1 is 0.839 bits per heavy atom. The Kier molecular flexibility index (Phi) is 9.91. The minimum atomic E-state index is -1.85. The molecule has 0 aliphatic rings. The molecule has 0 aliphatic carbocycles. The van der Waals surface area contributed by atoms with Crippen molar-refractivity contribution < 1.29 is 19.0 Å². The van der Waals surface area contributed by atoms with Gasteiger partial charge in [-0.15, -0.1) is 0 Å². The van der Waals surface area contributed by atoms with E-state index in [1.54, 1.807) is 6.92 Å². The molecule has 0 fully saturated rings. The number of hydrogen-bond donors (Lipinski definition) is 1. The predicted octanol–water partition coefficient (Wildman–Crippen LogP) is 5.95. The van der Waals surface area contributed by atoms with Gasteiger partial charge < -0.3 is 19.0 Å². The SMILES string of the molecule is C[C@H](O)[C@@H](OCc1ccccc1)[C@@H](CCO[Si](C)(C)C(C)(C)C)OCc1ccccc1. The zero-order valence-electron chi connectivity index (χ0n) is 20.0. The molecule has 0 heterocycles. The lowest BCUT2D eigenvalue weighted by Crippen LogP contribution is -2.44. The Bertz CT molecular complexity index is 741. The van der Waals surface area contributed by atoms with Crippen LogP contribution in [0.25, 0.3) is 0 Å². The quantitative estimate of drug-likeness (QED) is 0.411. The monoisotopic (exact) mass is 444 g/mol. The maximum absolute atomic E-state index is 10.5. The van der Waals surface area contributed by atoms with Gasteiger partial charge in [0.15, 0.2) is 8.32 Å². The highest BCUT2D eigenvalue weighted by atomic mass is 28.4. The molecule has 172 valence electrons. The maximum atomic E-state index is 10.5. The van der Waals surface area contributed by atoms with E-state index >= 15 is 0 Å². The van der Waals surface area contributed by atoms with E-state index in [0.29, 0.717) is 26.2 Å². The second kappa shape index (κ2) is 11.9. The largest absolute Gasteiger partial charge is 0.417 e. The maximum Gasteiger partial charge on any atom is 0.191 e. The van der Waals surface area contributed by atoms with E-state index in [2.05, 4.69) is 33.9 Å². The molecule has 0 unspecified atom stereocenters. The lowest BCUT2D eigenvalue weighted by atomic mass is 10.1. The highest BCUT2D eigenvalue weighted by molar-refractivity contribution is 6.74. The van der Waals surface area contributed by atoms with Crippen LogP contribution in [-0.2, 0) is 27.1 Å². The zero-order valence-corrected chi connectivity index (χ0v) is 21.0. The molecule has 2 aromatic carbocycles. The van der Waals surface area contributed by atoms with Crippen LogP contribution in [0.5, 0.6) is 0 Å². The summed E-state index contributed by atoms with van der Waals surface area (Å²) in [5.41, 5.74) is 2.18. The molecule has 2 aromatic rings. The average molecular weight is 445 g/mol. The van der Waals surface area contributed by atoms with Gasteiger partial charge in [0, 0.05) is 6.61 Å². The van der Waals surface area contributed by atoms with E-state index in [-0.39, 0.29) is 11.1 Å². The summed E-state index contributed by atoms with van der Waals surface area (Å²) in [6.45, 7) is 14.5. The second-order valence-electron chi connectivity index (χ2n) is 9.73. The van der Waals surface area contributed by atoms with E-state index in [0.717, 1.165) is 11.1 Å². The van der Waals surface area contributed by atoms with Crippen LogP contribution in [0.4, 0.5) is 0 Å². The van der Waals surface area contributed by atoms with Crippen molar-refractivity contribution in [2.75, 3.05) is 6.61 Å². The summed E-state index contributed by atoms with van der Waals surface area (Å²) in [6, 6.07) is 20.1. The number of aliphatic hydroxyl groups is 1. The number of hydrogen-bond acceptors (Lipinski definition) is 4. The molecule has 0 radical (unpaired) electrons. The van der Waals surface area contributed by atoms with Crippen molar-refractivity contribution in [2.24, 2.45) is 0 Å². The van der Waals surface area contributed by atoms with Gasteiger partial charge in [-0.05, 0) is 42.6 Å². The van der Waals surface area contributed by atoms with E-state index in [1.165, 1.54) is 0 Å². The summed E-state index contributed by atoms with van der Waals surface area (Å²) in [4.78, 5) is 0. The van der Waals surface area contributed by atoms with Crippen LogP contribution in [0, 0.1) is 0 Å². The fourth-order valence-corrected chi connectivity index (χ4v) is 4.15. The Morgan fingerprint density at radius 2 is 1.32 bits per heavy atom. The highest BCUT2D eigenvalue weighted by Crippen LogP contribution is 2.36. The first-order valence-electron chi connectivity index (χ1n) is 11.2. The molecule has 31 heavy (non-hydrogen) atoms. The van der Waals surface area contributed by atoms with Crippen LogP contribution < -0.4 is 0 Å². The number of benzene rings is 2. The molecule has 0 spiro atoms. The van der Waals surface area contributed by atoms with Crippen molar-refractivity contribution in [1.82, 2.24) is 0 Å². The molecular formula is C26H40O4Si. The van der Waals surface area contributed by atoms with Crippen molar-refractivity contribution in [3.8, 4) is 0 Å². The van der Waals surface area contributed by atoms with Crippen LogP contribution in [0.15, 0.2) is 60.7 Å². The van der Waals surface area contributed by atoms with Gasteiger partial charge >= 0.3 is 0 Å². The lowest BCUT2D eigenvalue weighted by molar-refractivity contribution is -0.132. The Balaban J connectivity index is 2.07. The fraction of sp³-hybridized carbons (Fsp3) is 0.538. The first-order chi connectivity index (χ1) is 14.6. The minimum Gasteiger partial charge on any atom is -0.417 e. The Morgan fingerprint density at radius 3 is 1.77 bits per heavy atom. The number of ether oxygens (including phenoxy) is 2. The summed E-state index contributed by atoms with van der Waals surface area (Å²) in [5.74, 6) is 0. The summed E-state index contributed by atoms with van der Waals surface area (Å²) >= 11 is 0. The van der Waals surface area contributed by atoms with Crippen LogP contribution in [0.3, 0.4) is 0 Å². The second-order valence-corrected chi connectivity index (χ2v) is 14.5. The normalized spacial score (nSPS) is 15.5. The van der Waals surface area contributed by atoms with Gasteiger partial charge in [-0.25, -0.2) is 0 Å². The first-order valence-corrected chi connectivity index (χ1v) is 14.1. The molecule has 0 saturated heterocycles. The molecule has 5 heteroatoms. The minimum absolute atomic E-state index is 0.154. The first kappa shape index (κ1) is 25.8. The molecule has 0 aromatic heterocycles. The van der Waals surface area contributed by atoms with E-state index < -0.39 is 20.5 Å². The van der Waals surface area contributed by atoms with Crippen LogP contribution in [0.1, 0.15) is 45.2 Å². The summed E-state index contributed by atoms with van der Waals surface area (Å²) in [5, 5.41) is 10.7. The Hall–Kier alpha value is -1.50. The van der Waals surface area contributed by atoms with Gasteiger partial charge in [0.1, 0.15) is 6.10 Å². The van der Waals surface area contributed by atoms with Gasteiger partial charge in [-0.3, -0.25) is 0 Å². The summed E-state index contributed by atoms with van der Waals surface area (Å²) in [7, 11) is -1.85. The van der Waals surface area contributed by atoms with E-state index in [9.17, 15) is 5.11 Å². The van der Waals surface area contributed by atoms with Crippen molar-refractivity contribution in [3.63, 3.8) is 0 Å². The van der Waals surface area contributed by atoms with Crippen molar-refractivity contribution in [2.45, 2.75) is 83.8 Å². The zero-order chi connectivity index (χ0) is 22.9. The van der Waals surface area contributed by atoms with E-state index in [4.69, 9.17) is 13.9 Å². The highest BCUT2D eigenvalue weighted by Gasteiger charge is 2.37. The standard InChI is InChI=1S/C26H40O4Si/c1-21(27)25(29-20-23-15-11-8-12-16-23)24(28-19-22-13-9-7-10-14-22)17-18-30-31(5,6)26(2,3)4/h7-16,21,24-25,27H,17-20H2,1-6H3/t21-,24+,25+/m0/s1. The molecule has 3 atom stereocenters. The summed E-state index contributed by atoms with van der Waals surface area (Å²) < 4.78 is 18.9. The molecule has 0 bridgehead atoms. The van der Waals surface area contributed by atoms with Crippen LogP contribution in [0.2, 0.25) is 18.1 Å². The Labute approximate surface area is 189 Å². The average Bonchev–Trinajstić information content (AvgIpc) is 2.72. The van der Waals surface area contributed by atoms with Crippen LogP contribution >= 0.6 is 0 Å². The lowest BCUT2D eigenvalue weighted by Gasteiger charge is -2.37. The molecule has 0 aliphatic heterocycles. The topological polar surface area (TPSA) is 47.9 Å². The molecule has 0 saturated carbocycles. The molecule has 0 amide bonds. The third kappa shape index (κ3) is 8.51. The molecule has 2 rings (SSSR count). The molecule has 4 nitrogen and oxygen atoms in total. The molecular weight excluding hydrogens is 404 g/mol. The van der Waals surface area contributed by atoms with Gasteiger partial charge in [-0.2, -0.15) is 0 Å². The van der Waals surface area contributed by atoms with Gasteiger partial charge in [0.25, 0.3) is 0 Å². The van der Waals surface area contributed by atoms with Gasteiger partial charge in [0.2, 0.25) is 0 Å². The smallest absolute Gasteiger partial charge is 0.191 e. The van der Waals surface area contributed by atoms with Gasteiger partial charge in [0.05, 0.1) is 25.4 Å². The molecule has 1 N–H and O–H groups in total. The third-order valence-corrected chi connectivity index (χ3v) is 10.6. The fourth-order valence-electron chi connectivity index (χ4n) is 3.09. The predicted molar refractivity (Wildman–Crippen MR) is 129 cm³/mol. The third-order valence-electron chi connectivity index (χ3n) is 6.11. The summed E-state index contributed by atoms with van der Waals surface area (Å²) in [6.07, 6.45) is -0.693. The number of rotatable bonds is 12. The number of aliphatic hydroxyl groups excluding tert-OH is 1. The van der Waals surface area contributed by atoms with E-state index in [1.807, 2.05) is 60.7 Å². The van der Waals surface area contributed by atoms with Crippen LogP contribution in [-0.4, -0.2) is 38.3 Å². The van der Waals surface area contributed by atoms with Crippen molar-refractivity contribution >= 4 is 8.32 Å². The van der Waals surface area contributed by atoms with Crippen molar-refractivity contribution in [1.29, 1.82) is 0 Å².